The Morgan fingerprint density at radius 3 is 2.74 bits per heavy atom. The number of fused-ring (bicyclic) bond motifs is 1. The van der Waals surface area contributed by atoms with Gasteiger partial charge in [0.05, 0.1) is 33.5 Å². The summed E-state index contributed by atoms with van der Waals surface area (Å²) in [6.45, 7) is 8.37. The SMILES string of the molecule is CC1NC=C(NC(=O)CC2CN(C(=O)OC(C)(C)C)C2)C=C1NC(=O)c1cnn2cc(Br)sc12. The van der Waals surface area contributed by atoms with Gasteiger partial charge in [0.15, 0.2) is 0 Å². The molecule has 0 bridgehead atoms. The first-order chi connectivity index (χ1) is 16.0. The molecular weight excluding hydrogens is 524 g/mol. The molecule has 0 radical (unpaired) electrons. The molecule has 182 valence electrons. The van der Waals surface area contributed by atoms with Crippen LogP contribution in [0.15, 0.2) is 39.9 Å². The van der Waals surface area contributed by atoms with Crippen LogP contribution in [-0.2, 0) is 9.53 Å². The molecule has 1 saturated heterocycles. The van der Waals surface area contributed by atoms with Gasteiger partial charge in [-0.3, -0.25) is 9.59 Å². The van der Waals surface area contributed by atoms with E-state index in [1.165, 1.54) is 17.5 Å². The van der Waals surface area contributed by atoms with E-state index in [0.717, 1.165) is 8.62 Å². The summed E-state index contributed by atoms with van der Waals surface area (Å²) < 4.78 is 7.87. The van der Waals surface area contributed by atoms with Gasteiger partial charge in [-0.2, -0.15) is 5.10 Å². The Bertz CT molecular complexity index is 1190. The fourth-order valence-corrected chi connectivity index (χ4v) is 5.06. The molecule has 1 unspecified atom stereocenters. The Morgan fingerprint density at radius 2 is 2.03 bits per heavy atom. The summed E-state index contributed by atoms with van der Waals surface area (Å²) in [6, 6.07) is -0.139. The van der Waals surface area contributed by atoms with Crippen molar-refractivity contribution in [2.24, 2.45) is 5.92 Å². The Labute approximate surface area is 209 Å². The van der Waals surface area contributed by atoms with Crippen LogP contribution in [0.1, 0.15) is 44.5 Å². The molecule has 2 aromatic heterocycles. The minimum Gasteiger partial charge on any atom is -0.444 e. The van der Waals surface area contributed by atoms with E-state index < -0.39 is 5.60 Å². The van der Waals surface area contributed by atoms with Crippen molar-refractivity contribution < 1.29 is 19.1 Å². The molecular formula is C22H27BrN6O4S. The van der Waals surface area contributed by atoms with E-state index in [1.54, 1.807) is 27.9 Å². The molecule has 2 aliphatic heterocycles. The van der Waals surface area contributed by atoms with Crippen molar-refractivity contribution in [2.45, 2.75) is 45.8 Å². The average Bonchev–Trinajstić information content (AvgIpc) is 3.24. The van der Waals surface area contributed by atoms with Crippen LogP contribution in [0.5, 0.6) is 0 Å². The maximum absolute atomic E-state index is 12.8. The summed E-state index contributed by atoms with van der Waals surface area (Å²) in [6.07, 6.45) is 6.73. The van der Waals surface area contributed by atoms with Crippen molar-refractivity contribution in [1.82, 2.24) is 30.5 Å². The molecule has 1 atom stereocenters. The predicted molar refractivity (Wildman–Crippen MR) is 131 cm³/mol. The van der Waals surface area contributed by atoms with Crippen LogP contribution in [0.25, 0.3) is 4.83 Å². The highest BCUT2D eigenvalue weighted by atomic mass is 79.9. The van der Waals surface area contributed by atoms with Crippen LogP contribution in [-0.4, -0.2) is 57.2 Å². The van der Waals surface area contributed by atoms with Crippen molar-refractivity contribution >= 4 is 50.0 Å². The summed E-state index contributed by atoms with van der Waals surface area (Å²) in [7, 11) is 0. The molecule has 3 N–H and O–H groups in total. The van der Waals surface area contributed by atoms with Gasteiger partial charge in [0.1, 0.15) is 10.4 Å². The lowest BCUT2D eigenvalue weighted by Crippen LogP contribution is -2.52. The van der Waals surface area contributed by atoms with Crippen LogP contribution in [0.4, 0.5) is 4.79 Å². The third kappa shape index (κ3) is 5.61. The molecule has 0 aromatic carbocycles. The number of nitrogens with zero attached hydrogens (tertiary/aromatic N) is 3. The molecule has 2 aliphatic rings. The highest BCUT2D eigenvalue weighted by Crippen LogP contribution is 2.26. The second kappa shape index (κ2) is 9.41. The number of hydrogen-bond acceptors (Lipinski definition) is 7. The van der Waals surface area contributed by atoms with E-state index in [4.69, 9.17) is 4.74 Å². The molecule has 10 nitrogen and oxygen atoms in total. The molecule has 1 fully saturated rings. The number of rotatable bonds is 5. The molecule has 4 heterocycles. The maximum Gasteiger partial charge on any atom is 0.410 e. The maximum atomic E-state index is 12.8. The summed E-state index contributed by atoms with van der Waals surface area (Å²) in [5.41, 5.74) is 1.13. The van der Waals surface area contributed by atoms with Crippen molar-refractivity contribution in [3.8, 4) is 0 Å². The molecule has 0 spiro atoms. The second-order valence-corrected chi connectivity index (χ2v) is 11.8. The van der Waals surface area contributed by atoms with E-state index in [9.17, 15) is 14.4 Å². The van der Waals surface area contributed by atoms with Crippen LogP contribution in [0, 0.1) is 5.92 Å². The highest BCUT2D eigenvalue weighted by Gasteiger charge is 2.35. The smallest absolute Gasteiger partial charge is 0.410 e. The topological polar surface area (TPSA) is 117 Å². The minimum atomic E-state index is -0.540. The molecule has 0 saturated carbocycles. The fourth-order valence-electron chi connectivity index (χ4n) is 3.62. The van der Waals surface area contributed by atoms with Gasteiger partial charge in [0.25, 0.3) is 5.91 Å². The summed E-state index contributed by atoms with van der Waals surface area (Å²) >= 11 is 4.83. The van der Waals surface area contributed by atoms with E-state index >= 15 is 0 Å². The number of allylic oxidation sites excluding steroid dienone is 1. The fraction of sp³-hybridized carbons (Fsp3) is 0.455. The normalized spacial score (nSPS) is 18.5. The van der Waals surface area contributed by atoms with Crippen LogP contribution >= 0.6 is 27.3 Å². The quantitative estimate of drug-likeness (QED) is 0.526. The standard InChI is InChI=1S/C22H27BrN6O4S/c1-12-16(27-19(31)15-8-25-29-11-17(23)34-20(15)29)6-14(7-24-12)26-18(30)5-13-9-28(10-13)21(32)33-22(2,3)4/h6-8,11-13,24H,5,9-10H2,1-4H3,(H,26,30)(H,27,31). The van der Waals surface area contributed by atoms with Crippen molar-refractivity contribution in [3.63, 3.8) is 0 Å². The number of hydrogen-bond donors (Lipinski definition) is 3. The number of amides is 3. The van der Waals surface area contributed by atoms with E-state index in [0.29, 0.717) is 36.5 Å². The van der Waals surface area contributed by atoms with Crippen molar-refractivity contribution in [2.75, 3.05) is 13.1 Å². The number of halogens is 1. The Hall–Kier alpha value is -2.86. The molecule has 4 rings (SSSR count). The van der Waals surface area contributed by atoms with Crippen molar-refractivity contribution in [3.05, 3.63) is 45.4 Å². The lowest BCUT2D eigenvalue weighted by Gasteiger charge is -2.39. The van der Waals surface area contributed by atoms with Gasteiger partial charge < -0.3 is 25.6 Å². The molecule has 0 aliphatic carbocycles. The zero-order valence-electron chi connectivity index (χ0n) is 19.3. The number of aromatic nitrogens is 2. The number of thiazole rings is 1. The first-order valence-corrected chi connectivity index (χ1v) is 12.5. The van der Waals surface area contributed by atoms with Crippen LogP contribution in [0.3, 0.4) is 0 Å². The van der Waals surface area contributed by atoms with Gasteiger partial charge in [-0.05, 0) is 49.7 Å². The second-order valence-electron chi connectivity index (χ2n) is 9.39. The number of nitrogens with one attached hydrogen (secondary N) is 3. The van der Waals surface area contributed by atoms with E-state index in [2.05, 4.69) is 37.0 Å². The summed E-state index contributed by atoms with van der Waals surface area (Å²) in [5, 5.41) is 13.1. The molecule has 3 amide bonds. The van der Waals surface area contributed by atoms with Gasteiger partial charge in [-0.15, -0.1) is 11.3 Å². The number of dihydropyridines is 1. The lowest BCUT2D eigenvalue weighted by atomic mass is 9.96. The zero-order valence-corrected chi connectivity index (χ0v) is 21.7. The summed E-state index contributed by atoms with van der Waals surface area (Å²) in [5.74, 6) is -0.338. The molecule has 34 heavy (non-hydrogen) atoms. The van der Waals surface area contributed by atoms with E-state index in [1.807, 2.05) is 27.7 Å². The van der Waals surface area contributed by atoms with Crippen molar-refractivity contribution in [1.29, 1.82) is 0 Å². The average molecular weight is 551 g/mol. The van der Waals surface area contributed by atoms with Crippen LogP contribution < -0.4 is 16.0 Å². The third-order valence-electron chi connectivity index (χ3n) is 5.30. The van der Waals surface area contributed by atoms with Gasteiger partial charge in [0, 0.05) is 37.3 Å². The third-order valence-corrected chi connectivity index (χ3v) is 6.89. The zero-order chi connectivity index (χ0) is 24.6. The van der Waals surface area contributed by atoms with Gasteiger partial charge >= 0.3 is 6.09 Å². The number of ether oxygens (including phenoxy) is 1. The molecule has 12 heteroatoms. The lowest BCUT2D eigenvalue weighted by molar-refractivity contribution is -0.122. The van der Waals surface area contributed by atoms with E-state index in [-0.39, 0.29) is 29.9 Å². The highest BCUT2D eigenvalue weighted by molar-refractivity contribution is 9.11. The minimum absolute atomic E-state index is 0.0848. The number of carbonyl (C=O) groups is 3. The van der Waals surface area contributed by atoms with Gasteiger partial charge in [-0.25, -0.2) is 9.31 Å². The molecule has 2 aromatic rings. The Balaban J connectivity index is 1.30. The van der Waals surface area contributed by atoms with Gasteiger partial charge in [-0.1, -0.05) is 0 Å². The monoisotopic (exact) mass is 550 g/mol. The first-order valence-electron chi connectivity index (χ1n) is 10.9. The Kier molecular flexibility index (Phi) is 6.72. The number of carbonyl (C=O) groups excluding carboxylic acids is 3. The summed E-state index contributed by atoms with van der Waals surface area (Å²) in [4.78, 5) is 39.7. The largest absolute Gasteiger partial charge is 0.444 e. The Morgan fingerprint density at radius 1 is 1.29 bits per heavy atom. The first kappa shape index (κ1) is 24.3. The van der Waals surface area contributed by atoms with Gasteiger partial charge in [0.2, 0.25) is 5.91 Å². The number of likely N-dealkylation sites (tertiary alicyclic amines) is 1. The van der Waals surface area contributed by atoms with Crippen LogP contribution in [0.2, 0.25) is 0 Å². The predicted octanol–water partition coefficient (Wildman–Crippen LogP) is 2.98.